The number of benzene rings is 2. The normalized spacial score (nSPS) is 15.6. The maximum absolute atomic E-state index is 13.3. The minimum atomic E-state index is -4.30. The van der Waals surface area contributed by atoms with Gasteiger partial charge in [-0.1, -0.05) is 31.4 Å². The van der Waals surface area contributed by atoms with E-state index >= 15 is 0 Å². The van der Waals surface area contributed by atoms with Crippen LogP contribution in [0, 0.1) is 15.9 Å². The van der Waals surface area contributed by atoms with Crippen molar-refractivity contribution in [2.24, 2.45) is 0 Å². The molecule has 0 saturated heterocycles. The van der Waals surface area contributed by atoms with Gasteiger partial charge in [0.1, 0.15) is 10.7 Å². The van der Waals surface area contributed by atoms with Gasteiger partial charge in [0.2, 0.25) is 5.75 Å². The van der Waals surface area contributed by atoms with Crippen molar-refractivity contribution in [2.75, 3.05) is 0 Å². The van der Waals surface area contributed by atoms with Crippen molar-refractivity contribution in [2.45, 2.75) is 42.9 Å². The fourth-order valence-electron chi connectivity index (χ4n) is 3.21. The molecule has 26 heavy (non-hydrogen) atoms. The van der Waals surface area contributed by atoms with E-state index in [-0.39, 0.29) is 4.90 Å². The van der Waals surface area contributed by atoms with Crippen LogP contribution in [0.3, 0.4) is 0 Å². The second kappa shape index (κ2) is 7.41. The zero-order valence-corrected chi connectivity index (χ0v) is 14.7. The average molecular weight is 379 g/mol. The molecule has 0 heterocycles. The lowest BCUT2D eigenvalue weighted by Gasteiger charge is -2.22. The van der Waals surface area contributed by atoms with Gasteiger partial charge in [-0.25, -0.2) is 4.39 Å². The summed E-state index contributed by atoms with van der Waals surface area (Å²) in [5.41, 5.74) is 0.453. The molecule has 1 saturated carbocycles. The zero-order valence-electron chi connectivity index (χ0n) is 13.9. The Kier molecular flexibility index (Phi) is 5.22. The van der Waals surface area contributed by atoms with Crippen molar-refractivity contribution in [3.63, 3.8) is 0 Å². The summed E-state index contributed by atoms with van der Waals surface area (Å²) in [6.45, 7) is 0. The lowest BCUT2D eigenvalue weighted by molar-refractivity contribution is -0.385. The van der Waals surface area contributed by atoms with Crippen LogP contribution in [-0.4, -0.2) is 13.3 Å². The van der Waals surface area contributed by atoms with E-state index < -0.39 is 32.3 Å². The van der Waals surface area contributed by atoms with Crippen molar-refractivity contribution in [3.05, 3.63) is 64.0 Å². The molecule has 2 aromatic rings. The Bertz CT molecular complexity index is 906. The van der Waals surface area contributed by atoms with Crippen LogP contribution >= 0.6 is 0 Å². The van der Waals surface area contributed by atoms with Crippen molar-refractivity contribution in [3.8, 4) is 5.75 Å². The summed E-state index contributed by atoms with van der Waals surface area (Å²) >= 11 is 0. The lowest BCUT2D eigenvalue weighted by atomic mass is 9.84. The molecule has 3 rings (SSSR count). The molecule has 0 radical (unpaired) electrons. The number of hydrogen-bond acceptors (Lipinski definition) is 5. The van der Waals surface area contributed by atoms with E-state index in [4.69, 9.17) is 4.18 Å². The predicted octanol–water partition coefficient (Wildman–Crippen LogP) is 4.55. The summed E-state index contributed by atoms with van der Waals surface area (Å²) in [5, 5.41) is 11.0. The number of rotatable bonds is 5. The van der Waals surface area contributed by atoms with Crippen LogP contribution in [0.15, 0.2) is 47.4 Å². The van der Waals surface area contributed by atoms with Gasteiger partial charge in [0.25, 0.3) is 0 Å². The van der Waals surface area contributed by atoms with E-state index in [0.717, 1.165) is 43.4 Å². The van der Waals surface area contributed by atoms with Crippen LogP contribution < -0.4 is 4.18 Å². The zero-order chi connectivity index (χ0) is 18.7. The summed E-state index contributed by atoms with van der Waals surface area (Å²) in [4.78, 5) is 10.0. The fourth-order valence-corrected chi connectivity index (χ4v) is 4.15. The van der Waals surface area contributed by atoms with Crippen LogP contribution in [0.5, 0.6) is 5.75 Å². The third-order valence-corrected chi connectivity index (χ3v) is 5.81. The Morgan fingerprint density at radius 3 is 2.31 bits per heavy atom. The standard InChI is InChI=1S/C18H18FNO5S/c19-15-8-11-17(20(21)22)18(12-15)25-26(23,24)16-9-6-14(7-10-16)13-4-2-1-3-5-13/h6-13H,1-5H2. The molecule has 0 atom stereocenters. The number of nitro benzene ring substituents is 1. The van der Waals surface area contributed by atoms with E-state index in [1.807, 2.05) is 0 Å². The highest BCUT2D eigenvalue weighted by Gasteiger charge is 2.24. The highest BCUT2D eigenvalue weighted by Crippen LogP contribution is 2.34. The molecule has 8 heteroatoms. The van der Waals surface area contributed by atoms with E-state index in [9.17, 15) is 22.9 Å². The predicted molar refractivity (Wildman–Crippen MR) is 93.1 cm³/mol. The van der Waals surface area contributed by atoms with Crippen molar-refractivity contribution < 1.29 is 21.9 Å². The minimum absolute atomic E-state index is 0.129. The molecule has 138 valence electrons. The highest BCUT2D eigenvalue weighted by atomic mass is 32.2. The monoisotopic (exact) mass is 379 g/mol. The van der Waals surface area contributed by atoms with Gasteiger partial charge in [-0.15, -0.1) is 0 Å². The molecule has 0 amide bonds. The smallest absolute Gasteiger partial charge is 0.339 e. The SMILES string of the molecule is O=[N+]([O-])c1ccc(F)cc1OS(=O)(=O)c1ccc(C2CCCCC2)cc1. The van der Waals surface area contributed by atoms with Gasteiger partial charge < -0.3 is 4.18 Å². The van der Waals surface area contributed by atoms with Crippen LogP contribution in [0.2, 0.25) is 0 Å². The maximum Gasteiger partial charge on any atom is 0.339 e. The van der Waals surface area contributed by atoms with Gasteiger partial charge in [0.05, 0.1) is 4.92 Å². The van der Waals surface area contributed by atoms with Gasteiger partial charge in [-0.3, -0.25) is 10.1 Å². The summed E-state index contributed by atoms with van der Waals surface area (Å²) in [5.74, 6) is -1.05. The third kappa shape index (κ3) is 4.01. The minimum Gasteiger partial charge on any atom is -0.371 e. The Hall–Kier alpha value is -2.48. The van der Waals surface area contributed by atoms with Gasteiger partial charge in [0, 0.05) is 12.1 Å². The molecular formula is C18H18FNO5S. The Labute approximate surface area is 150 Å². The number of halogens is 1. The third-order valence-electron chi connectivity index (χ3n) is 4.56. The molecule has 1 aliphatic carbocycles. The molecular weight excluding hydrogens is 361 g/mol. The Morgan fingerprint density at radius 2 is 1.69 bits per heavy atom. The summed E-state index contributed by atoms with van der Waals surface area (Å²) in [6, 6.07) is 8.75. The van der Waals surface area contributed by atoms with Gasteiger partial charge >= 0.3 is 15.8 Å². The fraction of sp³-hybridized carbons (Fsp3) is 0.333. The first-order chi connectivity index (χ1) is 12.4. The molecule has 1 aliphatic rings. The summed E-state index contributed by atoms with van der Waals surface area (Å²) in [7, 11) is -4.30. The quantitative estimate of drug-likeness (QED) is 0.432. The van der Waals surface area contributed by atoms with Crippen LogP contribution in [0.25, 0.3) is 0 Å². The van der Waals surface area contributed by atoms with Crippen LogP contribution in [0.4, 0.5) is 10.1 Å². The van der Waals surface area contributed by atoms with Crippen LogP contribution in [0.1, 0.15) is 43.6 Å². The molecule has 6 nitrogen and oxygen atoms in total. The van der Waals surface area contributed by atoms with E-state index in [2.05, 4.69) is 0 Å². The Morgan fingerprint density at radius 1 is 1.04 bits per heavy atom. The number of hydrogen-bond donors (Lipinski definition) is 0. The van der Waals surface area contributed by atoms with E-state index in [1.54, 1.807) is 12.1 Å². The van der Waals surface area contributed by atoms with Gasteiger partial charge in [-0.05, 0) is 42.5 Å². The maximum atomic E-state index is 13.3. The second-order valence-electron chi connectivity index (χ2n) is 6.31. The second-order valence-corrected chi connectivity index (χ2v) is 7.86. The summed E-state index contributed by atoms with van der Waals surface area (Å²) < 4.78 is 43.0. The Balaban J connectivity index is 1.84. The first-order valence-electron chi connectivity index (χ1n) is 8.35. The first kappa shape index (κ1) is 18.3. The van der Waals surface area contributed by atoms with Crippen molar-refractivity contribution >= 4 is 15.8 Å². The topological polar surface area (TPSA) is 86.5 Å². The van der Waals surface area contributed by atoms with Gasteiger partial charge in [-0.2, -0.15) is 8.42 Å². The van der Waals surface area contributed by atoms with Crippen molar-refractivity contribution in [1.82, 2.24) is 0 Å². The van der Waals surface area contributed by atoms with Crippen LogP contribution in [-0.2, 0) is 10.1 Å². The van der Waals surface area contributed by atoms with Gasteiger partial charge in [0.15, 0.2) is 0 Å². The highest BCUT2D eigenvalue weighted by molar-refractivity contribution is 7.87. The molecule has 0 aliphatic heterocycles. The summed E-state index contributed by atoms with van der Waals surface area (Å²) in [6.07, 6.45) is 5.72. The molecule has 1 fully saturated rings. The molecule has 0 aromatic heterocycles. The number of nitro groups is 1. The molecule has 0 unspecified atom stereocenters. The molecule has 0 bridgehead atoms. The number of nitrogens with zero attached hydrogens (tertiary/aromatic N) is 1. The van der Waals surface area contributed by atoms with E-state index in [1.165, 1.54) is 18.6 Å². The lowest BCUT2D eigenvalue weighted by Crippen LogP contribution is -2.11. The van der Waals surface area contributed by atoms with Crippen molar-refractivity contribution in [1.29, 1.82) is 0 Å². The molecule has 0 N–H and O–H groups in total. The largest absolute Gasteiger partial charge is 0.371 e. The molecule has 0 spiro atoms. The van der Waals surface area contributed by atoms with E-state index in [0.29, 0.717) is 12.0 Å². The molecule has 2 aromatic carbocycles. The first-order valence-corrected chi connectivity index (χ1v) is 9.76. The average Bonchev–Trinajstić information content (AvgIpc) is 2.62.